The number of imidazole rings is 1. The van der Waals surface area contributed by atoms with Gasteiger partial charge in [-0.2, -0.15) is 4.98 Å². The summed E-state index contributed by atoms with van der Waals surface area (Å²) < 4.78 is 98.7. The van der Waals surface area contributed by atoms with Gasteiger partial charge in [0.15, 0.2) is 23.6 Å². The Balaban J connectivity index is 0.936. The van der Waals surface area contributed by atoms with Gasteiger partial charge in [-0.1, -0.05) is 0 Å². The Labute approximate surface area is 578 Å². The van der Waals surface area contributed by atoms with Crippen molar-refractivity contribution in [1.29, 1.82) is 0 Å². The lowest BCUT2D eigenvalue weighted by Gasteiger charge is -2.29. The minimum atomic E-state index is -4.67. The van der Waals surface area contributed by atoms with Crippen molar-refractivity contribution in [3.05, 3.63) is 114 Å². The maximum Gasteiger partial charge on any atom is 0.330 e. The lowest BCUT2D eigenvalue weighted by Crippen LogP contribution is -2.40. The number of methoxy groups -OCH3 is 2. The van der Waals surface area contributed by atoms with Gasteiger partial charge in [-0.3, -0.25) is 66.4 Å². The highest BCUT2D eigenvalue weighted by Gasteiger charge is 2.53. The van der Waals surface area contributed by atoms with E-state index in [0.717, 1.165) is 19.9 Å². The number of ether oxygens (including phenoxy) is 6. The summed E-state index contributed by atoms with van der Waals surface area (Å²) in [6.07, 6.45) is -15.5. The van der Waals surface area contributed by atoms with E-state index in [0.29, 0.717) is 0 Å². The molecule has 9 unspecified atom stereocenters. The number of fused-ring (bicyclic) bond motifs is 1. The van der Waals surface area contributed by atoms with E-state index in [-0.39, 0.29) is 53.1 Å². The van der Waals surface area contributed by atoms with E-state index in [1.165, 1.54) is 58.3 Å². The molecule has 9 heterocycles. The first-order valence-electron chi connectivity index (χ1n) is 29.2. The number of aryl methyl sites for hydroxylation is 3. The number of aromatic nitrogens is 10. The van der Waals surface area contributed by atoms with E-state index in [9.17, 15) is 63.1 Å². The minimum Gasteiger partial charge on any atom is -0.394 e. The van der Waals surface area contributed by atoms with Gasteiger partial charge in [-0.25, -0.2) is 19.4 Å². The number of anilines is 1. The molecule has 0 aliphatic carbocycles. The quantitative estimate of drug-likeness (QED) is 0.0235. The van der Waals surface area contributed by atoms with E-state index in [4.69, 9.17) is 138 Å². The molecule has 19 atom stereocenters. The number of nitrogens with two attached hydrogens (primary N) is 1. The van der Waals surface area contributed by atoms with Gasteiger partial charge in [0.25, 0.3) is 22.2 Å². The minimum absolute atomic E-state index is 0.0132. The van der Waals surface area contributed by atoms with Crippen LogP contribution in [-0.2, 0) is 133 Å². The summed E-state index contributed by atoms with van der Waals surface area (Å²) in [7, 11) is 2.42. The van der Waals surface area contributed by atoms with Gasteiger partial charge in [-0.05, 0) is 93.7 Å². The number of rotatable bonds is 32. The fourth-order valence-electron chi connectivity index (χ4n) is 10.8. The van der Waals surface area contributed by atoms with Crippen molar-refractivity contribution in [3.63, 3.8) is 0 Å². The molecule has 50 heteroatoms. The second-order valence-corrected chi connectivity index (χ2v) is 36.4. The maximum atomic E-state index is 13.4. The Hall–Kier alpha value is -3.44. The van der Waals surface area contributed by atoms with E-state index in [1.54, 1.807) is 13.8 Å². The molecule has 0 radical (unpaired) electrons. The smallest absolute Gasteiger partial charge is 0.330 e. The Morgan fingerprint density at radius 2 is 0.969 bits per heavy atom. The number of aliphatic hydroxyl groups excluding tert-OH is 1. The van der Waals surface area contributed by atoms with Crippen LogP contribution in [0.5, 0.6) is 0 Å². The summed E-state index contributed by atoms with van der Waals surface area (Å²) in [5.74, 6) is -0.237. The van der Waals surface area contributed by atoms with Crippen LogP contribution in [0.2, 0.25) is 0 Å². The van der Waals surface area contributed by atoms with Gasteiger partial charge in [-0.15, -0.1) is 0 Å². The highest BCUT2D eigenvalue weighted by Crippen LogP contribution is 2.56. The van der Waals surface area contributed by atoms with Crippen molar-refractivity contribution in [1.82, 2.24) is 48.2 Å². The molecule has 546 valence electrons. The molecular formula is C48H70N11O29P5S5. The summed E-state index contributed by atoms with van der Waals surface area (Å²) in [5.41, 5.74) is 0.388. The van der Waals surface area contributed by atoms with E-state index in [2.05, 4.69) is 29.9 Å². The van der Waals surface area contributed by atoms with Crippen molar-refractivity contribution in [3.8, 4) is 0 Å². The average molecular weight is 1580 g/mol. The summed E-state index contributed by atoms with van der Waals surface area (Å²) in [4.78, 5) is 164. The zero-order valence-corrected chi connectivity index (χ0v) is 61.0. The molecule has 0 bridgehead atoms. The molecule has 0 spiro atoms. The first-order chi connectivity index (χ1) is 45.9. The summed E-state index contributed by atoms with van der Waals surface area (Å²) in [6, 6.07) is 0. The summed E-state index contributed by atoms with van der Waals surface area (Å²) >= 11 is 27.0. The van der Waals surface area contributed by atoms with Crippen LogP contribution in [0.25, 0.3) is 11.2 Å². The number of hydrogen-bond acceptors (Lipinski definition) is 32. The SMILES string of the molecule is CO[C@H]1C(OP(O)(=S)OCCO)[C@@H](CCOP(O)(=S)OC2[C@@H](COP(O)(=S)OC3C[C@H](n4cc(C)c(=O)[nH]c4=O)O[C@@H]3COP(O)(=S)OC3C[C@H](n4cnc5c(=O)[nH]c(N)nc54)O[C@@H]3COP(O)(=S)OC(C)C)O[C@@H](n3cc(C)c(=O)[nH]c3=O)[C@H]2OC)O[C@H]1n1cc(C)c(=O)[nH]c1=O. The molecule has 4 aliphatic heterocycles. The second kappa shape index (κ2) is 32.3. The number of nitrogens with zero attached hydrogens (tertiary/aromatic N) is 6. The highest BCUT2D eigenvalue weighted by molar-refractivity contribution is 8.08. The van der Waals surface area contributed by atoms with Crippen molar-refractivity contribution in [2.75, 3.05) is 59.6 Å². The number of H-pyrrole nitrogens is 4. The van der Waals surface area contributed by atoms with Crippen LogP contribution in [0.1, 0.15) is 74.7 Å². The largest absolute Gasteiger partial charge is 0.394 e. The van der Waals surface area contributed by atoms with Crippen molar-refractivity contribution in [2.24, 2.45) is 0 Å². The van der Waals surface area contributed by atoms with Crippen molar-refractivity contribution in [2.45, 2.75) is 146 Å². The van der Waals surface area contributed by atoms with Gasteiger partial charge in [0.05, 0.1) is 70.4 Å². The third-order valence-corrected chi connectivity index (χ3v) is 23.2. The van der Waals surface area contributed by atoms with Crippen LogP contribution < -0.4 is 45.0 Å². The third kappa shape index (κ3) is 19.3. The van der Waals surface area contributed by atoms with Gasteiger partial charge in [0.1, 0.15) is 55.2 Å². The first kappa shape index (κ1) is 78.7. The van der Waals surface area contributed by atoms with E-state index >= 15 is 0 Å². The van der Waals surface area contributed by atoms with Crippen LogP contribution in [-0.4, -0.2) is 199 Å². The number of nitrogen functional groups attached to an aromatic ring is 1. The molecule has 0 saturated carbocycles. The molecule has 12 N–H and O–H groups in total. The molecule has 4 fully saturated rings. The molecule has 98 heavy (non-hydrogen) atoms. The monoisotopic (exact) mass is 1580 g/mol. The fraction of sp³-hybridized carbons (Fsp3) is 0.646. The number of hydrogen-bond donors (Lipinski definition) is 11. The molecule has 4 saturated heterocycles. The van der Waals surface area contributed by atoms with Crippen LogP contribution in [0.4, 0.5) is 5.95 Å². The predicted octanol–water partition coefficient (Wildman–Crippen LogP) is -0.807. The average Bonchev–Trinajstić information content (AvgIpc) is 1.64. The molecular weight excluding hydrogens is 1510 g/mol. The lowest BCUT2D eigenvalue weighted by molar-refractivity contribution is -0.0637. The second-order valence-electron chi connectivity index (χ2n) is 22.5. The zero-order chi connectivity index (χ0) is 71.7. The van der Waals surface area contributed by atoms with Crippen LogP contribution in [0.3, 0.4) is 0 Å². The lowest BCUT2D eigenvalue weighted by atomic mass is 10.1. The molecule has 5 aromatic heterocycles. The summed E-state index contributed by atoms with van der Waals surface area (Å²) in [5, 5.41) is 9.38. The van der Waals surface area contributed by atoms with Crippen LogP contribution >= 0.6 is 33.6 Å². The van der Waals surface area contributed by atoms with Gasteiger partial charge in [0, 0.05) is 68.8 Å². The third-order valence-electron chi connectivity index (χ3n) is 15.1. The Kier molecular flexibility index (Phi) is 25.9. The van der Waals surface area contributed by atoms with Crippen molar-refractivity contribution < 1.29 is 103 Å². The van der Waals surface area contributed by atoms with Gasteiger partial charge < -0.3 is 99.9 Å². The molecule has 40 nitrogen and oxygen atoms in total. The van der Waals surface area contributed by atoms with E-state index in [1.807, 2.05) is 0 Å². The highest BCUT2D eigenvalue weighted by atomic mass is 32.5. The standard InChI is InChI=1S/C48H70N11O29P5S5/c1-21(2)84-91(70,96)77-17-29-27(13-32(81-29)59-20-50-33-38(59)51-45(49)52-42(33)64)86-92(71,97)78-18-28-26(12-31(80-28)56-14-22(3)39(61)53-46(56)65)85-93(72,98)79-19-30-35(37(74-7)44(83-30)58-16-24(5)41(63)55-48(58)67)88-89(68,94)75-10-8-25-34(87-90(69,95)76-11-9-60)36(73-6)43(82-25)57-15-23(4)40(62)54-47(57)66/h14-16,20-21,25-32,34-37,43-44,60H,8-13,17-19H2,1-7H3,(H,68,94)(H,69,95)(H,70,96)(H,71,97)(H,72,98)(H,53,61,65)(H,54,62,66)(H,55,63,67)(H3,49,51,52,64)/t25-,26?,27?,28-,29-,30-,31-,32-,34?,35?,36+,37+,43-,44-,89?,90?,91?,92?,93?/m1/s1. The predicted molar refractivity (Wildman–Crippen MR) is 357 cm³/mol. The van der Waals surface area contributed by atoms with Gasteiger partial charge in [0.2, 0.25) is 5.95 Å². The number of aromatic amines is 4. The normalized spacial score (nSPS) is 29.0. The van der Waals surface area contributed by atoms with Crippen LogP contribution in [0.15, 0.2) is 58.5 Å². The van der Waals surface area contributed by atoms with Crippen molar-refractivity contribution >= 4 is 110 Å². The summed E-state index contributed by atoms with van der Waals surface area (Å²) in [6.45, 7) is -18.0. The fourth-order valence-corrected chi connectivity index (χ4v) is 18.3. The van der Waals surface area contributed by atoms with E-state index < -0.39 is 205 Å². The number of nitrogens with one attached hydrogen (secondary N) is 4. The first-order valence-corrected chi connectivity index (χ1v) is 42.1. The number of aliphatic hydroxyl groups is 1. The van der Waals surface area contributed by atoms with Crippen LogP contribution in [0, 0.1) is 20.8 Å². The topological polar surface area (TPSA) is 523 Å². The zero-order valence-electron chi connectivity index (χ0n) is 52.4. The van der Waals surface area contributed by atoms with Gasteiger partial charge >= 0.3 is 50.7 Å². The molecule has 0 aromatic carbocycles. The molecule has 4 aliphatic rings. The molecule has 0 amide bonds. The Morgan fingerprint density at radius 3 is 1.45 bits per heavy atom. The molecule has 5 aromatic rings. The molecule has 9 rings (SSSR count). The Bertz CT molecular complexity index is 4420. The Morgan fingerprint density at radius 1 is 0.551 bits per heavy atom. The maximum absolute atomic E-state index is 13.4.